The van der Waals surface area contributed by atoms with Crippen LogP contribution in [0.25, 0.3) is 16.7 Å². The molecule has 0 spiro atoms. The van der Waals surface area contributed by atoms with Gasteiger partial charge in [0.25, 0.3) is 5.56 Å². The molecule has 8 heteroatoms. The Bertz CT molecular complexity index is 1130. The zero-order valence-electron chi connectivity index (χ0n) is 19.0. The molecular weight excluding hydrogens is 422 g/mol. The van der Waals surface area contributed by atoms with E-state index >= 15 is 0 Å². The van der Waals surface area contributed by atoms with E-state index in [4.69, 9.17) is 0 Å². The molecule has 1 fully saturated rings. The van der Waals surface area contributed by atoms with Crippen LogP contribution in [0.15, 0.2) is 34.2 Å². The van der Waals surface area contributed by atoms with Gasteiger partial charge in [-0.3, -0.25) is 18.6 Å². The summed E-state index contributed by atoms with van der Waals surface area (Å²) in [7, 11) is 0. The minimum absolute atomic E-state index is 0.0368. The topological polar surface area (TPSA) is 81.3 Å². The van der Waals surface area contributed by atoms with Gasteiger partial charge in [-0.25, -0.2) is 0 Å². The Morgan fingerprint density at radius 3 is 2.59 bits per heavy atom. The summed E-state index contributed by atoms with van der Waals surface area (Å²) in [5, 5.41) is 13.2. The summed E-state index contributed by atoms with van der Waals surface area (Å²) in [6.07, 6.45) is 9.23. The normalized spacial score (nSPS) is 15.8. The molecule has 0 atom stereocenters. The highest BCUT2D eigenvalue weighted by atomic mass is 32.2. The van der Waals surface area contributed by atoms with E-state index < -0.39 is 0 Å². The predicted octanol–water partition coefficient (Wildman–Crippen LogP) is 4.41. The van der Waals surface area contributed by atoms with Gasteiger partial charge in [-0.05, 0) is 37.3 Å². The quantitative estimate of drug-likeness (QED) is 0.534. The molecule has 1 aliphatic rings. The molecule has 172 valence electrons. The Morgan fingerprint density at radius 1 is 1.12 bits per heavy atom. The summed E-state index contributed by atoms with van der Waals surface area (Å²) in [6.45, 7) is 4.88. The second kappa shape index (κ2) is 10.5. The molecule has 1 aromatic carbocycles. The van der Waals surface area contributed by atoms with Gasteiger partial charge < -0.3 is 5.32 Å². The Hall–Kier alpha value is -2.35. The van der Waals surface area contributed by atoms with E-state index in [1.54, 1.807) is 4.57 Å². The molecule has 7 nitrogen and oxygen atoms in total. The maximum Gasteiger partial charge on any atom is 0.262 e. The number of fused-ring (bicyclic) bond motifs is 3. The summed E-state index contributed by atoms with van der Waals surface area (Å²) in [4.78, 5) is 25.8. The highest BCUT2D eigenvalue weighted by Gasteiger charge is 2.19. The van der Waals surface area contributed by atoms with Gasteiger partial charge in [0, 0.05) is 12.6 Å². The number of amides is 1. The van der Waals surface area contributed by atoms with Gasteiger partial charge in [-0.15, -0.1) is 10.2 Å². The molecular formula is C24H33N5O2S. The fraction of sp³-hybridized carbons (Fsp3) is 0.583. The first-order valence-electron chi connectivity index (χ1n) is 11.8. The van der Waals surface area contributed by atoms with Crippen molar-refractivity contribution in [2.45, 2.75) is 83.0 Å². The van der Waals surface area contributed by atoms with E-state index in [-0.39, 0.29) is 23.3 Å². The van der Waals surface area contributed by atoms with Crippen molar-refractivity contribution in [1.29, 1.82) is 0 Å². The van der Waals surface area contributed by atoms with Crippen LogP contribution < -0.4 is 10.9 Å². The SMILES string of the molecule is CC(C)CCn1c(=O)c2ccccc2n2c(SCC(=O)NC3CCCCCCC3)nnc12. The van der Waals surface area contributed by atoms with E-state index in [0.29, 0.717) is 28.8 Å². The van der Waals surface area contributed by atoms with Crippen LogP contribution in [0.3, 0.4) is 0 Å². The number of para-hydroxylation sites is 1. The Kier molecular flexibility index (Phi) is 7.50. The maximum atomic E-state index is 13.1. The first-order chi connectivity index (χ1) is 15.5. The van der Waals surface area contributed by atoms with Gasteiger partial charge in [0.15, 0.2) is 5.16 Å². The molecule has 0 bridgehead atoms. The van der Waals surface area contributed by atoms with E-state index in [2.05, 4.69) is 29.4 Å². The van der Waals surface area contributed by atoms with Gasteiger partial charge in [0.1, 0.15) is 0 Å². The van der Waals surface area contributed by atoms with Crippen LogP contribution in [-0.2, 0) is 11.3 Å². The number of nitrogens with zero attached hydrogens (tertiary/aromatic N) is 4. The molecule has 0 radical (unpaired) electrons. The van der Waals surface area contributed by atoms with Crippen LogP contribution in [-0.4, -0.2) is 36.9 Å². The van der Waals surface area contributed by atoms with Gasteiger partial charge in [-0.1, -0.05) is 69.8 Å². The first kappa shape index (κ1) is 22.8. The lowest BCUT2D eigenvalue weighted by atomic mass is 9.97. The predicted molar refractivity (Wildman–Crippen MR) is 129 cm³/mol. The number of carbonyl (C=O) groups is 1. The van der Waals surface area contributed by atoms with Crippen molar-refractivity contribution < 1.29 is 4.79 Å². The molecule has 2 heterocycles. The summed E-state index contributed by atoms with van der Waals surface area (Å²) >= 11 is 1.38. The fourth-order valence-electron chi connectivity index (χ4n) is 4.42. The van der Waals surface area contributed by atoms with E-state index in [1.807, 2.05) is 28.7 Å². The molecule has 1 amide bonds. The Balaban J connectivity index is 1.56. The molecule has 2 aromatic heterocycles. The average Bonchev–Trinajstić information content (AvgIpc) is 3.18. The van der Waals surface area contributed by atoms with Gasteiger partial charge >= 0.3 is 0 Å². The standard InChI is InChI=1S/C24H33N5O2S/c1-17(2)14-15-28-22(31)19-12-8-9-13-20(19)29-23(28)26-27-24(29)32-16-21(30)25-18-10-6-4-3-5-7-11-18/h8-9,12-13,17-18H,3-7,10-11,14-16H2,1-2H3,(H,25,30). The van der Waals surface area contributed by atoms with Gasteiger partial charge in [-0.2, -0.15) is 0 Å². The molecule has 1 aliphatic carbocycles. The minimum Gasteiger partial charge on any atom is -0.353 e. The summed E-state index contributed by atoms with van der Waals surface area (Å²) in [5.41, 5.74) is 0.737. The average molecular weight is 456 g/mol. The van der Waals surface area contributed by atoms with Crippen molar-refractivity contribution >= 4 is 34.3 Å². The van der Waals surface area contributed by atoms with Crippen molar-refractivity contribution in [2.24, 2.45) is 5.92 Å². The van der Waals surface area contributed by atoms with Crippen molar-refractivity contribution in [3.8, 4) is 0 Å². The fourth-order valence-corrected chi connectivity index (χ4v) is 5.17. The number of carbonyl (C=O) groups excluding carboxylic acids is 1. The molecule has 32 heavy (non-hydrogen) atoms. The number of nitrogens with one attached hydrogen (secondary N) is 1. The number of aromatic nitrogens is 4. The summed E-state index contributed by atoms with van der Waals surface area (Å²) in [5.74, 6) is 1.34. The van der Waals surface area contributed by atoms with Crippen LogP contribution in [0.1, 0.15) is 65.2 Å². The molecule has 4 rings (SSSR count). The lowest BCUT2D eigenvalue weighted by Gasteiger charge is -2.20. The lowest BCUT2D eigenvalue weighted by molar-refractivity contribution is -0.119. The molecule has 3 aromatic rings. The second-order valence-electron chi connectivity index (χ2n) is 9.17. The van der Waals surface area contributed by atoms with E-state index in [0.717, 1.165) is 24.8 Å². The minimum atomic E-state index is -0.0419. The summed E-state index contributed by atoms with van der Waals surface area (Å²) in [6, 6.07) is 7.83. The smallest absolute Gasteiger partial charge is 0.262 e. The zero-order chi connectivity index (χ0) is 22.5. The zero-order valence-corrected chi connectivity index (χ0v) is 19.9. The number of hydrogen-bond acceptors (Lipinski definition) is 5. The molecule has 1 saturated carbocycles. The third kappa shape index (κ3) is 5.17. The lowest BCUT2D eigenvalue weighted by Crippen LogP contribution is -2.36. The second-order valence-corrected chi connectivity index (χ2v) is 10.1. The highest BCUT2D eigenvalue weighted by Crippen LogP contribution is 2.22. The molecule has 0 unspecified atom stereocenters. The number of benzene rings is 1. The van der Waals surface area contributed by atoms with Crippen LogP contribution in [0.2, 0.25) is 0 Å². The Labute approximate surface area is 193 Å². The van der Waals surface area contributed by atoms with Crippen molar-refractivity contribution in [3.05, 3.63) is 34.6 Å². The van der Waals surface area contributed by atoms with Crippen molar-refractivity contribution in [1.82, 2.24) is 24.5 Å². The number of thioether (sulfide) groups is 1. The molecule has 1 N–H and O–H groups in total. The number of rotatable bonds is 7. The van der Waals surface area contributed by atoms with Crippen LogP contribution in [0, 0.1) is 5.92 Å². The third-order valence-electron chi connectivity index (χ3n) is 6.21. The highest BCUT2D eigenvalue weighted by molar-refractivity contribution is 7.99. The summed E-state index contributed by atoms with van der Waals surface area (Å²) < 4.78 is 3.64. The number of hydrogen-bond donors (Lipinski definition) is 1. The number of aryl methyl sites for hydroxylation is 1. The largest absolute Gasteiger partial charge is 0.353 e. The van der Waals surface area contributed by atoms with Crippen LogP contribution >= 0.6 is 11.8 Å². The van der Waals surface area contributed by atoms with Gasteiger partial charge in [0.05, 0.1) is 16.7 Å². The van der Waals surface area contributed by atoms with E-state index in [9.17, 15) is 9.59 Å². The Morgan fingerprint density at radius 2 is 1.84 bits per heavy atom. The van der Waals surface area contributed by atoms with Crippen LogP contribution in [0.4, 0.5) is 0 Å². The van der Waals surface area contributed by atoms with Gasteiger partial charge in [0.2, 0.25) is 11.7 Å². The molecule has 0 aliphatic heterocycles. The van der Waals surface area contributed by atoms with Crippen LogP contribution in [0.5, 0.6) is 0 Å². The molecule has 0 saturated heterocycles. The van der Waals surface area contributed by atoms with Crippen molar-refractivity contribution in [2.75, 3.05) is 5.75 Å². The third-order valence-corrected chi connectivity index (χ3v) is 7.14. The maximum absolute atomic E-state index is 13.1. The first-order valence-corrected chi connectivity index (χ1v) is 12.8. The van der Waals surface area contributed by atoms with Crippen molar-refractivity contribution in [3.63, 3.8) is 0 Å². The van der Waals surface area contributed by atoms with E-state index in [1.165, 1.54) is 43.9 Å². The monoisotopic (exact) mass is 455 g/mol.